The topological polar surface area (TPSA) is 89.5 Å². The molecule has 3 heterocycles. The van der Waals surface area contributed by atoms with Crippen LogP contribution in [0.15, 0.2) is 29.2 Å². The highest BCUT2D eigenvalue weighted by molar-refractivity contribution is 7.86. The third-order valence-corrected chi connectivity index (χ3v) is 6.09. The number of hydrogen-bond acceptors (Lipinski definition) is 9. The maximum atomic E-state index is 12.8. The van der Waals surface area contributed by atoms with Crippen molar-refractivity contribution >= 4 is 27.6 Å². The van der Waals surface area contributed by atoms with Gasteiger partial charge in [-0.05, 0) is 32.9 Å². The van der Waals surface area contributed by atoms with Gasteiger partial charge in [-0.1, -0.05) is 17.7 Å². The molecule has 8 nitrogen and oxygen atoms in total. The van der Waals surface area contributed by atoms with Crippen LogP contribution in [0.3, 0.4) is 0 Å². The summed E-state index contributed by atoms with van der Waals surface area (Å²) in [5.41, 5.74) is 0.940. The molecule has 1 aromatic rings. The zero-order valence-corrected chi connectivity index (χ0v) is 16.6. The number of hydrogen-bond donors (Lipinski definition) is 0. The number of benzene rings is 1. The maximum Gasteiger partial charge on any atom is 0.352 e. The van der Waals surface area contributed by atoms with Crippen molar-refractivity contribution < 1.29 is 36.3 Å². The maximum absolute atomic E-state index is 12.8. The van der Waals surface area contributed by atoms with Gasteiger partial charge in [0.05, 0.1) is 4.90 Å². The van der Waals surface area contributed by atoms with Crippen LogP contribution in [0, 0.1) is 6.92 Å². The molecular formula is C17H20O8S2. The minimum absolute atomic E-state index is 0.0111. The van der Waals surface area contributed by atoms with Gasteiger partial charge in [-0.15, -0.1) is 0 Å². The van der Waals surface area contributed by atoms with Crippen LogP contribution in [0.1, 0.15) is 19.4 Å². The molecule has 3 fully saturated rings. The molecule has 0 unspecified atom stereocenters. The largest absolute Gasteiger partial charge is 0.453 e. The average molecular weight is 416 g/mol. The molecule has 0 spiro atoms. The van der Waals surface area contributed by atoms with Gasteiger partial charge in [-0.3, -0.25) is 4.18 Å². The molecule has 0 radical (unpaired) electrons. The molecule has 0 N–H and O–H groups in total. The molecule has 0 amide bonds. The molecular weight excluding hydrogens is 396 g/mol. The second-order valence-electron chi connectivity index (χ2n) is 7.11. The Balaban J connectivity index is 1.61. The van der Waals surface area contributed by atoms with E-state index in [1.165, 1.54) is 12.1 Å². The summed E-state index contributed by atoms with van der Waals surface area (Å²) in [6, 6.07) is 6.39. The molecule has 0 saturated carbocycles. The van der Waals surface area contributed by atoms with E-state index in [2.05, 4.69) is 0 Å². The first-order chi connectivity index (χ1) is 12.6. The zero-order valence-electron chi connectivity index (χ0n) is 15.0. The van der Waals surface area contributed by atoms with E-state index >= 15 is 0 Å². The summed E-state index contributed by atoms with van der Waals surface area (Å²) < 4.78 is 59.2. The van der Waals surface area contributed by atoms with Crippen LogP contribution in [0.5, 0.6) is 0 Å². The molecule has 0 bridgehead atoms. The van der Waals surface area contributed by atoms with Gasteiger partial charge < -0.3 is 23.7 Å². The third kappa shape index (κ3) is 3.69. The Hall–Kier alpha value is -1.30. The number of thiocarbonyl (C=S) groups is 1. The highest BCUT2D eigenvalue weighted by atomic mass is 32.2. The highest BCUT2D eigenvalue weighted by Gasteiger charge is 2.60. The van der Waals surface area contributed by atoms with Crippen LogP contribution >= 0.6 is 12.2 Å². The SMILES string of the molecule is Cc1ccc(S(=O)(=O)O[C@H]2[C@H]3OC(C)(C)O[C@@H]3O[C@@H]2[C@@H]2COC(=S)O2)cc1. The van der Waals surface area contributed by atoms with E-state index in [0.29, 0.717) is 0 Å². The Bertz CT molecular complexity index is 835. The van der Waals surface area contributed by atoms with Crippen LogP contribution in [0.25, 0.3) is 0 Å². The summed E-state index contributed by atoms with van der Waals surface area (Å²) >= 11 is 4.88. The van der Waals surface area contributed by atoms with Crippen LogP contribution in [-0.4, -0.2) is 56.8 Å². The van der Waals surface area contributed by atoms with E-state index in [1.807, 2.05) is 6.92 Å². The Morgan fingerprint density at radius 2 is 1.85 bits per heavy atom. The molecule has 10 heteroatoms. The first-order valence-corrected chi connectivity index (χ1v) is 10.3. The molecule has 4 rings (SSSR count). The van der Waals surface area contributed by atoms with Gasteiger partial charge in [0.25, 0.3) is 10.1 Å². The first-order valence-electron chi connectivity index (χ1n) is 8.49. The van der Waals surface area contributed by atoms with Crippen molar-refractivity contribution in [1.29, 1.82) is 0 Å². The Kier molecular flexibility index (Phi) is 4.68. The highest BCUT2D eigenvalue weighted by Crippen LogP contribution is 2.41. The Morgan fingerprint density at radius 1 is 1.15 bits per heavy atom. The molecule has 3 aliphatic heterocycles. The lowest BCUT2D eigenvalue weighted by molar-refractivity contribution is -0.221. The fourth-order valence-electron chi connectivity index (χ4n) is 3.32. The average Bonchev–Trinajstić information content (AvgIpc) is 3.21. The van der Waals surface area contributed by atoms with E-state index in [9.17, 15) is 8.42 Å². The van der Waals surface area contributed by atoms with Crippen molar-refractivity contribution in [3.63, 3.8) is 0 Å². The van der Waals surface area contributed by atoms with Crippen LogP contribution in [0.4, 0.5) is 0 Å². The van der Waals surface area contributed by atoms with Gasteiger partial charge in [-0.2, -0.15) is 8.42 Å². The molecule has 3 aliphatic rings. The summed E-state index contributed by atoms with van der Waals surface area (Å²) in [5.74, 6) is -0.919. The van der Waals surface area contributed by atoms with E-state index < -0.39 is 46.6 Å². The smallest absolute Gasteiger partial charge is 0.352 e. The summed E-state index contributed by atoms with van der Waals surface area (Å²) in [5, 5.41) is -0.0111. The van der Waals surface area contributed by atoms with E-state index in [1.54, 1.807) is 26.0 Å². The second kappa shape index (κ2) is 6.64. The van der Waals surface area contributed by atoms with Crippen LogP contribution < -0.4 is 0 Å². The van der Waals surface area contributed by atoms with Crippen LogP contribution in [-0.2, 0) is 38.0 Å². The number of ether oxygens (including phenoxy) is 5. The Morgan fingerprint density at radius 3 is 2.48 bits per heavy atom. The van der Waals surface area contributed by atoms with Crippen molar-refractivity contribution in [3.8, 4) is 0 Å². The molecule has 5 atom stereocenters. The fraction of sp³-hybridized carbons (Fsp3) is 0.588. The quantitative estimate of drug-likeness (QED) is 0.537. The van der Waals surface area contributed by atoms with Crippen molar-refractivity contribution in [2.24, 2.45) is 0 Å². The normalized spacial score (nSPS) is 34.9. The Labute approximate surface area is 162 Å². The standard InChI is InChI=1S/C17H20O8S2/c1-9-4-6-10(7-5-9)27(18,19)25-13-12(11-8-20-16(26)21-11)22-15-14(13)23-17(2,3)24-15/h4-7,11-15H,8H2,1-3H3/t11-,12+,13+,14+,15-/m0/s1. The third-order valence-electron chi connectivity index (χ3n) is 4.55. The van der Waals surface area contributed by atoms with Crippen molar-refractivity contribution in [2.45, 2.75) is 62.2 Å². The summed E-state index contributed by atoms with van der Waals surface area (Å²) in [6.45, 7) is 5.45. The lowest BCUT2D eigenvalue weighted by Crippen LogP contribution is -2.44. The molecule has 27 heavy (non-hydrogen) atoms. The first kappa shape index (κ1) is 19.0. The van der Waals surface area contributed by atoms with Crippen LogP contribution in [0.2, 0.25) is 0 Å². The second-order valence-corrected chi connectivity index (χ2v) is 9.02. The van der Waals surface area contributed by atoms with Gasteiger partial charge in [0.1, 0.15) is 24.9 Å². The lowest BCUT2D eigenvalue weighted by atomic mass is 10.1. The molecule has 1 aromatic carbocycles. The van der Waals surface area contributed by atoms with Gasteiger partial charge in [-0.25, -0.2) is 0 Å². The molecule has 0 aromatic heterocycles. The molecule has 0 aliphatic carbocycles. The number of aryl methyl sites for hydroxylation is 1. The van der Waals surface area contributed by atoms with Gasteiger partial charge in [0.15, 0.2) is 18.2 Å². The molecule has 3 saturated heterocycles. The fourth-order valence-corrected chi connectivity index (χ4v) is 4.61. The lowest BCUT2D eigenvalue weighted by Gasteiger charge is -2.27. The van der Waals surface area contributed by atoms with Crippen molar-refractivity contribution in [1.82, 2.24) is 0 Å². The van der Waals surface area contributed by atoms with Crippen molar-refractivity contribution in [2.75, 3.05) is 6.61 Å². The monoisotopic (exact) mass is 416 g/mol. The summed E-state index contributed by atoms with van der Waals surface area (Å²) in [6.07, 6.45) is -3.88. The summed E-state index contributed by atoms with van der Waals surface area (Å²) in [4.78, 5) is 0.0487. The number of rotatable bonds is 4. The van der Waals surface area contributed by atoms with E-state index in [-0.39, 0.29) is 16.7 Å². The van der Waals surface area contributed by atoms with Gasteiger partial charge in [0.2, 0.25) is 0 Å². The predicted molar refractivity (Wildman–Crippen MR) is 95.4 cm³/mol. The molecule has 148 valence electrons. The van der Waals surface area contributed by atoms with Crippen molar-refractivity contribution in [3.05, 3.63) is 29.8 Å². The summed E-state index contributed by atoms with van der Waals surface area (Å²) in [7, 11) is -4.06. The van der Waals surface area contributed by atoms with E-state index in [4.69, 9.17) is 40.1 Å². The predicted octanol–water partition coefficient (Wildman–Crippen LogP) is 1.65. The minimum Gasteiger partial charge on any atom is -0.453 e. The number of fused-ring (bicyclic) bond motifs is 1. The van der Waals surface area contributed by atoms with E-state index in [0.717, 1.165) is 5.56 Å². The van der Waals surface area contributed by atoms with Gasteiger partial charge >= 0.3 is 5.24 Å². The van der Waals surface area contributed by atoms with Gasteiger partial charge in [0, 0.05) is 12.2 Å². The zero-order chi connectivity index (χ0) is 19.4. The minimum atomic E-state index is -4.06.